The van der Waals surface area contributed by atoms with Crippen LogP contribution in [0.5, 0.6) is 0 Å². The molecule has 1 aliphatic rings. The maximum absolute atomic E-state index is 5.19. The van der Waals surface area contributed by atoms with Crippen molar-refractivity contribution in [3.05, 3.63) is 175 Å². The van der Waals surface area contributed by atoms with Crippen LogP contribution in [-0.2, 0) is 5.41 Å². The maximum Gasteiger partial charge on any atom is 0.160 e. The van der Waals surface area contributed by atoms with Crippen LogP contribution in [0.15, 0.2) is 164 Å². The van der Waals surface area contributed by atoms with Gasteiger partial charge in [-0.15, -0.1) is 0 Å². The molecule has 2 aromatic heterocycles. The standard InChI is InChI=1S/C47H33N3/c1-47(2)40-19-11-9-17-35(40)36-24-21-32(28-41(36)47)31-23-26-43-39(27-31)37-25-22-33(29-44(37)50(43)34-15-7-4-8-16-34)46-48-42-20-12-10-18-38(42)45(49-46)30-13-5-3-6-14-30/h3-29H,1-2H3. The fourth-order valence-corrected chi connectivity index (χ4v) is 8.10. The average Bonchev–Trinajstić information content (AvgIpc) is 3.62. The largest absolute Gasteiger partial charge is 0.309 e. The van der Waals surface area contributed by atoms with E-state index >= 15 is 0 Å². The highest BCUT2D eigenvalue weighted by molar-refractivity contribution is 6.11. The SMILES string of the molecule is CC1(C)c2ccccc2-c2ccc(-c3ccc4c(c3)c3ccc(-c5nc(-c6ccccc6)c6ccccc6n5)cc3n4-c3ccccc3)cc21. The van der Waals surface area contributed by atoms with E-state index in [2.05, 4.69) is 170 Å². The van der Waals surface area contributed by atoms with Gasteiger partial charge in [0.25, 0.3) is 0 Å². The molecule has 0 saturated carbocycles. The molecule has 50 heavy (non-hydrogen) atoms. The van der Waals surface area contributed by atoms with Crippen molar-refractivity contribution in [2.45, 2.75) is 19.3 Å². The van der Waals surface area contributed by atoms with Gasteiger partial charge in [-0.1, -0.05) is 135 Å². The molecule has 0 saturated heterocycles. The van der Waals surface area contributed by atoms with Crippen LogP contribution in [0.4, 0.5) is 0 Å². The Bertz CT molecular complexity index is 2770. The number of aromatic nitrogens is 3. The third-order valence-electron chi connectivity index (χ3n) is 10.6. The molecule has 7 aromatic carbocycles. The van der Waals surface area contributed by atoms with Crippen molar-refractivity contribution in [1.29, 1.82) is 0 Å². The quantitative estimate of drug-likeness (QED) is 0.192. The number of nitrogens with zero attached hydrogens (tertiary/aromatic N) is 3. The van der Waals surface area contributed by atoms with E-state index in [9.17, 15) is 0 Å². The second kappa shape index (κ2) is 10.8. The molecule has 1 aliphatic carbocycles. The summed E-state index contributed by atoms with van der Waals surface area (Å²) in [7, 11) is 0. The van der Waals surface area contributed by atoms with Crippen molar-refractivity contribution in [2.75, 3.05) is 0 Å². The Hall–Kier alpha value is -6.32. The summed E-state index contributed by atoms with van der Waals surface area (Å²) in [6.07, 6.45) is 0. The molecule has 0 atom stereocenters. The minimum Gasteiger partial charge on any atom is -0.309 e. The summed E-state index contributed by atoms with van der Waals surface area (Å²) in [5.74, 6) is 0.719. The lowest BCUT2D eigenvalue weighted by Crippen LogP contribution is -2.14. The molecule has 3 heteroatoms. The van der Waals surface area contributed by atoms with Gasteiger partial charge in [0.15, 0.2) is 5.82 Å². The average molecular weight is 640 g/mol. The zero-order chi connectivity index (χ0) is 33.4. The van der Waals surface area contributed by atoms with E-state index in [1.165, 1.54) is 49.7 Å². The summed E-state index contributed by atoms with van der Waals surface area (Å²) in [6, 6.07) is 58.8. The first kappa shape index (κ1) is 28.7. The van der Waals surface area contributed by atoms with Crippen molar-refractivity contribution in [3.8, 4) is 50.6 Å². The van der Waals surface area contributed by atoms with Crippen LogP contribution >= 0.6 is 0 Å². The van der Waals surface area contributed by atoms with Gasteiger partial charge in [-0.2, -0.15) is 0 Å². The highest BCUT2D eigenvalue weighted by Gasteiger charge is 2.35. The lowest BCUT2D eigenvalue weighted by molar-refractivity contribution is 0.660. The van der Waals surface area contributed by atoms with Gasteiger partial charge in [0.05, 0.1) is 22.2 Å². The molecule has 0 fully saturated rings. The van der Waals surface area contributed by atoms with Crippen LogP contribution in [0.2, 0.25) is 0 Å². The molecular formula is C47H33N3. The van der Waals surface area contributed by atoms with Crippen molar-refractivity contribution >= 4 is 32.7 Å². The van der Waals surface area contributed by atoms with Gasteiger partial charge in [0, 0.05) is 38.4 Å². The number of para-hydroxylation sites is 2. The Kier molecular flexibility index (Phi) is 6.22. The maximum atomic E-state index is 5.19. The molecule has 236 valence electrons. The van der Waals surface area contributed by atoms with Crippen LogP contribution in [0.1, 0.15) is 25.0 Å². The van der Waals surface area contributed by atoms with E-state index in [1.807, 2.05) is 12.1 Å². The summed E-state index contributed by atoms with van der Waals surface area (Å²) < 4.78 is 2.37. The predicted molar refractivity (Wildman–Crippen MR) is 208 cm³/mol. The fourth-order valence-electron chi connectivity index (χ4n) is 8.10. The van der Waals surface area contributed by atoms with E-state index in [1.54, 1.807) is 0 Å². The third kappa shape index (κ3) is 4.30. The highest BCUT2D eigenvalue weighted by Crippen LogP contribution is 2.49. The number of hydrogen-bond acceptors (Lipinski definition) is 2. The Balaban J connectivity index is 1.16. The molecule has 0 spiro atoms. The van der Waals surface area contributed by atoms with Crippen molar-refractivity contribution in [3.63, 3.8) is 0 Å². The zero-order valence-corrected chi connectivity index (χ0v) is 27.9. The minimum atomic E-state index is -0.0447. The van der Waals surface area contributed by atoms with Gasteiger partial charge in [-0.25, -0.2) is 9.97 Å². The van der Waals surface area contributed by atoms with Crippen LogP contribution < -0.4 is 0 Å². The number of hydrogen-bond donors (Lipinski definition) is 0. The van der Waals surface area contributed by atoms with Crippen molar-refractivity contribution < 1.29 is 0 Å². The number of benzene rings is 7. The molecule has 9 aromatic rings. The van der Waals surface area contributed by atoms with E-state index in [4.69, 9.17) is 9.97 Å². The third-order valence-corrected chi connectivity index (χ3v) is 10.6. The lowest BCUT2D eigenvalue weighted by Gasteiger charge is -2.22. The Morgan fingerprint density at radius 2 is 1.12 bits per heavy atom. The Morgan fingerprint density at radius 3 is 1.98 bits per heavy atom. The Morgan fingerprint density at radius 1 is 0.440 bits per heavy atom. The van der Waals surface area contributed by atoms with Crippen molar-refractivity contribution in [2.24, 2.45) is 0 Å². The molecule has 2 heterocycles. The minimum absolute atomic E-state index is 0.0447. The predicted octanol–water partition coefficient (Wildman–Crippen LogP) is 12.0. The second-order valence-electron chi connectivity index (χ2n) is 13.8. The van der Waals surface area contributed by atoms with Crippen molar-refractivity contribution in [1.82, 2.24) is 14.5 Å². The smallest absolute Gasteiger partial charge is 0.160 e. The summed E-state index contributed by atoms with van der Waals surface area (Å²) in [4.78, 5) is 10.3. The topological polar surface area (TPSA) is 30.7 Å². The van der Waals surface area contributed by atoms with Crippen LogP contribution in [0, 0.1) is 0 Å². The van der Waals surface area contributed by atoms with Crippen LogP contribution in [-0.4, -0.2) is 14.5 Å². The van der Waals surface area contributed by atoms with Crippen LogP contribution in [0.3, 0.4) is 0 Å². The monoisotopic (exact) mass is 639 g/mol. The van der Waals surface area contributed by atoms with Gasteiger partial charge < -0.3 is 4.57 Å². The van der Waals surface area contributed by atoms with E-state index < -0.39 is 0 Å². The first-order chi connectivity index (χ1) is 24.5. The molecule has 0 amide bonds. The van der Waals surface area contributed by atoms with Gasteiger partial charge in [0.2, 0.25) is 0 Å². The molecule has 3 nitrogen and oxygen atoms in total. The molecule has 0 N–H and O–H groups in total. The van der Waals surface area contributed by atoms with E-state index in [0.717, 1.165) is 44.8 Å². The first-order valence-electron chi connectivity index (χ1n) is 17.3. The Labute approximate surface area is 291 Å². The van der Waals surface area contributed by atoms with E-state index in [-0.39, 0.29) is 5.41 Å². The number of rotatable bonds is 4. The van der Waals surface area contributed by atoms with Gasteiger partial charge in [-0.3, -0.25) is 0 Å². The molecular weight excluding hydrogens is 607 g/mol. The van der Waals surface area contributed by atoms with E-state index in [0.29, 0.717) is 0 Å². The molecule has 0 aliphatic heterocycles. The van der Waals surface area contributed by atoms with Crippen LogP contribution in [0.25, 0.3) is 83.3 Å². The van der Waals surface area contributed by atoms with Gasteiger partial charge in [0.1, 0.15) is 0 Å². The molecule has 0 radical (unpaired) electrons. The fraction of sp³-hybridized carbons (Fsp3) is 0.0638. The summed E-state index contributed by atoms with van der Waals surface area (Å²) in [5, 5.41) is 3.47. The second-order valence-corrected chi connectivity index (χ2v) is 13.8. The summed E-state index contributed by atoms with van der Waals surface area (Å²) >= 11 is 0. The highest BCUT2D eigenvalue weighted by atomic mass is 15.0. The normalized spacial score (nSPS) is 13.2. The van der Waals surface area contributed by atoms with Gasteiger partial charge in [-0.05, 0) is 75.8 Å². The zero-order valence-electron chi connectivity index (χ0n) is 27.9. The molecule has 0 bridgehead atoms. The summed E-state index contributed by atoms with van der Waals surface area (Å²) in [5.41, 5.74) is 15.3. The lowest BCUT2D eigenvalue weighted by atomic mass is 9.81. The van der Waals surface area contributed by atoms with Gasteiger partial charge >= 0.3 is 0 Å². The molecule has 10 rings (SSSR count). The molecule has 0 unspecified atom stereocenters. The number of fused-ring (bicyclic) bond motifs is 7. The summed E-state index contributed by atoms with van der Waals surface area (Å²) in [6.45, 7) is 4.69. The first-order valence-corrected chi connectivity index (χ1v) is 17.3.